The van der Waals surface area contributed by atoms with Crippen LogP contribution in [0.1, 0.15) is 26.7 Å². The van der Waals surface area contributed by atoms with Crippen LogP contribution in [-0.2, 0) is 19.0 Å². The maximum atomic E-state index is 11.1. The lowest BCUT2D eigenvalue weighted by atomic mass is 9.96. The van der Waals surface area contributed by atoms with E-state index in [9.17, 15) is 9.59 Å². The van der Waals surface area contributed by atoms with E-state index in [2.05, 4.69) is 6.58 Å². The van der Waals surface area contributed by atoms with E-state index in [4.69, 9.17) is 14.2 Å². The lowest BCUT2D eigenvalue weighted by Crippen LogP contribution is -2.37. The summed E-state index contributed by atoms with van der Waals surface area (Å²) >= 11 is 0. The molecule has 1 spiro atoms. The lowest BCUT2D eigenvalue weighted by Gasteiger charge is -2.22. The number of esters is 1. The molecule has 5 heteroatoms. The Kier molecular flexibility index (Phi) is 2.64. The predicted molar refractivity (Wildman–Crippen MR) is 58.3 cm³/mol. The molecule has 1 heterocycles. The summed E-state index contributed by atoms with van der Waals surface area (Å²) < 4.78 is 15.3. The molecule has 1 saturated carbocycles. The molecule has 2 aliphatic rings. The van der Waals surface area contributed by atoms with Gasteiger partial charge in [0, 0.05) is 12.0 Å². The van der Waals surface area contributed by atoms with E-state index in [0.717, 1.165) is 12.5 Å². The van der Waals surface area contributed by atoms with Gasteiger partial charge in [0.25, 0.3) is 0 Å². The second-order valence-corrected chi connectivity index (χ2v) is 4.92. The van der Waals surface area contributed by atoms with Crippen molar-refractivity contribution < 1.29 is 23.8 Å². The molecule has 2 rings (SSSR count). The summed E-state index contributed by atoms with van der Waals surface area (Å²) in [6.07, 6.45) is 1.95. The number of rotatable bonds is 4. The molecule has 0 amide bonds. The second-order valence-electron chi connectivity index (χ2n) is 4.92. The van der Waals surface area contributed by atoms with Gasteiger partial charge in [-0.1, -0.05) is 6.58 Å². The van der Waals surface area contributed by atoms with E-state index in [1.54, 1.807) is 0 Å². The van der Waals surface area contributed by atoms with Gasteiger partial charge in [-0.25, -0.2) is 9.59 Å². The van der Waals surface area contributed by atoms with Gasteiger partial charge in [-0.2, -0.15) is 0 Å². The van der Waals surface area contributed by atoms with Gasteiger partial charge < -0.3 is 14.2 Å². The SMILES string of the molecule is C=CC(=O)OCCC1CC12OC(=O)OC2(C)C. The average Bonchev–Trinajstić information content (AvgIpc) is 2.86. The third-order valence-corrected chi connectivity index (χ3v) is 3.55. The van der Waals surface area contributed by atoms with Crippen LogP contribution in [-0.4, -0.2) is 29.9 Å². The van der Waals surface area contributed by atoms with Crippen LogP contribution in [0, 0.1) is 5.92 Å². The monoisotopic (exact) mass is 240 g/mol. The highest BCUT2D eigenvalue weighted by molar-refractivity contribution is 5.81. The highest BCUT2D eigenvalue weighted by Gasteiger charge is 2.72. The van der Waals surface area contributed by atoms with Crippen LogP contribution in [0.2, 0.25) is 0 Å². The smallest absolute Gasteiger partial charge is 0.463 e. The first-order valence-corrected chi connectivity index (χ1v) is 5.62. The minimum Gasteiger partial charge on any atom is -0.463 e. The molecule has 0 aromatic rings. The Morgan fingerprint density at radius 3 is 2.82 bits per heavy atom. The number of cyclic esters (lactones) is 1. The van der Waals surface area contributed by atoms with Crippen LogP contribution < -0.4 is 0 Å². The van der Waals surface area contributed by atoms with Gasteiger partial charge in [0.05, 0.1) is 6.61 Å². The number of carbonyl (C=O) groups is 2. The fourth-order valence-corrected chi connectivity index (χ4v) is 2.45. The van der Waals surface area contributed by atoms with Crippen LogP contribution in [0.15, 0.2) is 12.7 Å². The maximum absolute atomic E-state index is 11.1. The molecule has 0 N–H and O–H groups in total. The van der Waals surface area contributed by atoms with E-state index in [0.29, 0.717) is 13.0 Å². The van der Waals surface area contributed by atoms with Crippen LogP contribution in [0.25, 0.3) is 0 Å². The second kappa shape index (κ2) is 3.75. The van der Waals surface area contributed by atoms with Crippen LogP contribution in [0.4, 0.5) is 4.79 Å². The van der Waals surface area contributed by atoms with E-state index in [1.807, 2.05) is 13.8 Å². The largest absolute Gasteiger partial charge is 0.509 e. The Balaban J connectivity index is 1.85. The van der Waals surface area contributed by atoms with Crippen molar-refractivity contribution in [3.05, 3.63) is 12.7 Å². The van der Waals surface area contributed by atoms with Gasteiger partial charge in [0.1, 0.15) is 0 Å². The Hall–Kier alpha value is -1.52. The zero-order valence-corrected chi connectivity index (χ0v) is 10.0. The van der Waals surface area contributed by atoms with E-state index in [-0.39, 0.29) is 5.92 Å². The summed E-state index contributed by atoms with van der Waals surface area (Å²) in [7, 11) is 0. The molecule has 5 nitrogen and oxygen atoms in total. The van der Waals surface area contributed by atoms with Crippen LogP contribution in [0.3, 0.4) is 0 Å². The van der Waals surface area contributed by atoms with Crippen molar-refractivity contribution in [2.45, 2.75) is 37.9 Å². The fraction of sp³-hybridized carbons (Fsp3) is 0.667. The predicted octanol–water partition coefficient (Wildman–Crippen LogP) is 1.81. The molecule has 1 saturated heterocycles. The molecule has 1 aliphatic carbocycles. The van der Waals surface area contributed by atoms with Gasteiger partial charge >= 0.3 is 12.1 Å². The topological polar surface area (TPSA) is 61.8 Å². The molecule has 2 unspecified atom stereocenters. The minimum atomic E-state index is -0.611. The van der Waals surface area contributed by atoms with Crippen molar-refractivity contribution in [2.24, 2.45) is 5.92 Å². The standard InChI is InChI=1S/C12H16O5/c1-4-9(13)15-6-5-8-7-12(8)11(2,3)16-10(14)17-12/h4,8H,1,5-7H2,2-3H3. The summed E-state index contributed by atoms with van der Waals surface area (Å²) in [6, 6.07) is 0. The molecular formula is C12H16O5. The Bertz CT molecular complexity index is 373. The maximum Gasteiger partial charge on any atom is 0.509 e. The number of carbonyl (C=O) groups excluding carboxylic acids is 2. The quantitative estimate of drug-likeness (QED) is 0.554. The zero-order chi connectivity index (χ0) is 12.7. The summed E-state index contributed by atoms with van der Waals surface area (Å²) in [4.78, 5) is 22.0. The first-order valence-electron chi connectivity index (χ1n) is 5.62. The number of hydrogen-bond donors (Lipinski definition) is 0. The number of hydrogen-bond acceptors (Lipinski definition) is 5. The van der Waals surface area contributed by atoms with Gasteiger partial charge in [-0.15, -0.1) is 0 Å². The first-order chi connectivity index (χ1) is 7.91. The molecule has 2 atom stereocenters. The molecule has 0 bridgehead atoms. The highest BCUT2D eigenvalue weighted by atomic mass is 16.8. The molecule has 17 heavy (non-hydrogen) atoms. The Morgan fingerprint density at radius 2 is 2.29 bits per heavy atom. The first kappa shape index (κ1) is 12.0. The van der Waals surface area contributed by atoms with Crippen molar-refractivity contribution >= 4 is 12.1 Å². The molecule has 0 aromatic heterocycles. The summed E-state index contributed by atoms with van der Waals surface area (Å²) in [5.74, 6) is -0.236. The molecule has 0 aromatic carbocycles. The summed E-state index contributed by atoms with van der Waals surface area (Å²) in [5.41, 5.74) is -1.12. The molecule has 2 fully saturated rings. The highest BCUT2D eigenvalue weighted by Crippen LogP contribution is 2.60. The van der Waals surface area contributed by atoms with E-state index >= 15 is 0 Å². The van der Waals surface area contributed by atoms with Crippen molar-refractivity contribution in [3.8, 4) is 0 Å². The molecule has 0 radical (unpaired) electrons. The molecule has 1 aliphatic heterocycles. The Morgan fingerprint density at radius 1 is 1.59 bits per heavy atom. The zero-order valence-electron chi connectivity index (χ0n) is 10.0. The minimum absolute atomic E-state index is 0.196. The summed E-state index contributed by atoms with van der Waals surface area (Å²) in [5, 5.41) is 0. The molecular weight excluding hydrogens is 224 g/mol. The van der Waals surface area contributed by atoms with Crippen molar-refractivity contribution in [1.29, 1.82) is 0 Å². The van der Waals surface area contributed by atoms with Crippen molar-refractivity contribution in [1.82, 2.24) is 0 Å². The summed E-state index contributed by atoms with van der Waals surface area (Å²) in [6.45, 7) is 7.31. The van der Waals surface area contributed by atoms with Gasteiger partial charge in [0.15, 0.2) is 11.2 Å². The van der Waals surface area contributed by atoms with Gasteiger partial charge in [-0.05, 0) is 26.7 Å². The third-order valence-electron chi connectivity index (χ3n) is 3.55. The molecule has 94 valence electrons. The Labute approximate surface area is 99.7 Å². The van der Waals surface area contributed by atoms with Gasteiger partial charge in [0.2, 0.25) is 0 Å². The third kappa shape index (κ3) is 1.90. The number of ether oxygens (including phenoxy) is 3. The van der Waals surface area contributed by atoms with Crippen molar-refractivity contribution in [2.75, 3.05) is 6.61 Å². The fourth-order valence-electron chi connectivity index (χ4n) is 2.45. The van der Waals surface area contributed by atoms with Crippen LogP contribution in [0.5, 0.6) is 0 Å². The average molecular weight is 240 g/mol. The van der Waals surface area contributed by atoms with E-state index < -0.39 is 23.3 Å². The van der Waals surface area contributed by atoms with E-state index in [1.165, 1.54) is 0 Å². The van der Waals surface area contributed by atoms with Crippen molar-refractivity contribution in [3.63, 3.8) is 0 Å². The van der Waals surface area contributed by atoms with Gasteiger partial charge in [-0.3, -0.25) is 0 Å². The van der Waals surface area contributed by atoms with Crippen LogP contribution >= 0.6 is 0 Å². The lowest BCUT2D eigenvalue weighted by molar-refractivity contribution is -0.138. The normalized spacial score (nSPS) is 32.8.